The molecule has 0 aliphatic heterocycles. The molecule has 5 heteroatoms. The van der Waals surface area contributed by atoms with Gasteiger partial charge in [-0.1, -0.05) is 0 Å². The van der Waals surface area contributed by atoms with Crippen molar-refractivity contribution < 1.29 is 4.42 Å². The minimum absolute atomic E-state index is 0.329. The fourth-order valence-corrected chi connectivity index (χ4v) is 0.598. The summed E-state index contributed by atoms with van der Waals surface area (Å²) in [4.78, 5) is 0. The number of anilines is 1. The molecule has 1 aromatic heterocycles. The van der Waals surface area contributed by atoms with Crippen LogP contribution in [-0.2, 0) is 0 Å². The topological polar surface area (TPSA) is 63.2 Å². The molecule has 1 heterocycles. The van der Waals surface area contributed by atoms with Crippen molar-refractivity contribution >= 4 is 23.2 Å². The summed E-state index contributed by atoms with van der Waals surface area (Å²) in [5.74, 6) is 5.57. The molecule has 0 bridgehead atoms. The van der Waals surface area contributed by atoms with Gasteiger partial charge in [0.1, 0.15) is 0 Å². The van der Waals surface area contributed by atoms with Crippen molar-refractivity contribution in [1.82, 2.24) is 5.43 Å². The third kappa shape index (κ3) is 1.71. The fourth-order valence-electron chi connectivity index (χ4n) is 0.498. The molecule has 10 heavy (non-hydrogen) atoms. The average Bonchev–Trinajstić information content (AvgIpc) is 2.40. The van der Waals surface area contributed by atoms with Crippen LogP contribution in [0.5, 0.6) is 0 Å². The number of hydrogen-bond donors (Lipinski definition) is 3. The van der Waals surface area contributed by atoms with E-state index in [4.69, 9.17) is 22.5 Å². The Morgan fingerprint density at radius 2 is 2.50 bits per heavy atom. The molecule has 0 fully saturated rings. The molecular formula is C5H7N3OS. The molecule has 0 radical (unpaired) electrons. The number of hydrogen-bond acceptors (Lipinski definition) is 3. The van der Waals surface area contributed by atoms with E-state index in [1.807, 2.05) is 0 Å². The highest BCUT2D eigenvalue weighted by atomic mass is 32.1. The van der Waals surface area contributed by atoms with Crippen LogP contribution >= 0.6 is 12.2 Å². The Balaban J connectivity index is 2.48. The predicted molar refractivity (Wildman–Crippen MR) is 42.3 cm³/mol. The summed E-state index contributed by atoms with van der Waals surface area (Å²) >= 11 is 4.70. The SMILES string of the molecule is NNC(=S)Nc1ccco1. The highest BCUT2D eigenvalue weighted by Crippen LogP contribution is 2.05. The van der Waals surface area contributed by atoms with Gasteiger partial charge in [0.25, 0.3) is 0 Å². The zero-order chi connectivity index (χ0) is 7.40. The highest BCUT2D eigenvalue weighted by molar-refractivity contribution is 7.80. The molecular weight excluding hydrogens is 150 g/mol. The van der Waals surface area contributed by atoms with E-state index in [1.54, 1.807) is 18.4 Å². The van der Waals surface area contributed by atoms with Gasteiger partial charge in [0.2, 0.25) is 0 Å². The third-order valence-corrected chi connectivity index (χ3v) is 1.11. The van der Waals surface area contributed by atoms with Crippen LogP contribution in [0.2, 0.25) is 0 Å². The maximum Gasteiger partial charge on any atom is 0.198 e. The predicted octanol–water partition coefficient (Wildman–Crippen LogP) is 0.440. The monoisotopic (exact) mass is 157 g/mol. The van der Waals surface area contributed by atoms with E-state index in [0.717, 1.165) is 0 Å². The van der Waals surface area contributed by atoms with Crippen LogP contribution in [0, 0.1) is 0 Å². The lowest BCUT2D eigenvalue weighted by atomic mass is 10.6. The summed E-state index contributed by atoms with van der Waals surface area (Å²) in [5, 5.41) is 3.03. The Labute approximate surface area is 63.4 Å². The Hall–Kier alpha value is -1.07. The van der Waals surface area contributed by atoms with Crippen LogP contribution in [0.1, 0.15) is 0 Å². The van der Waals surface area contributed by atoms with E-state index in [9.17, 15) is 0 Å². The fraction of sp³-hybridized carbons (Fsp3) is 0. The molecule has 54 valence electrons. The number of rotatable bonds is 1. The molecule has 0 saturated heterocycles. The van der Waals surface area contributed by atoms with Crippen molar-refractivity contribution in [2.24, 2.45) is 5.84 Å². The molecule has 0 aromatic carbocycles. The number of hydrazine groups is 1. The van der Waals surface area contributed by atoms with Crippen molar-refractivity contribution in [3.8, 4) is 0 Å². The molecule has 0 aliphatic carbocycles. The Kier molecular flexibility index (Phi) is 2.24. The zero-order valence-electron chi connectivity index (χ0n) is 5.13. The van der Waals surface area contributed by atoms with Gasteiger partial charge in [-0.05, 0) is 18.3 Å². The first-order valence-corrected chi connectivity index (χ1v) is 3.05. The first-order chi connectivity index (χ1) is 4.83. The molecule has 1 rings (SSSR count). The third-order valence-electron chi connectivity index (χ3n) is 0.889. The lowest BCUT2D eigenvalue weighted by Crippen LogP contribution is -2.33. The normalized spacial score (nSPS) is 8.90. The summed E-state index contributed by atoms with van der Waals surface area (Å²) in [6.45, 7) is 0. The largest absolute Gasteiger partial charge is 0.449 e. The van der Waals surface area contributed by atoms with Gasteiger partial charge in [-0.2, -0.15) is 0 Å². The highest BCUT2D eigenvalue weighted by Gasteiger charge is 1.94. The quantitative estimate of drug-likeness (QED) is 0.313. The van der Waals surface area contributed by atoms with Crippen molar-refractivity contribution in [3.63, 3.8) is 0 Å². The smallest absolute Gasteiger partial charge is 0.198 e. The second kappa shape index (κ2) is 3.19. The van der Waals surface area contributed by atoms with Crippen LogP contribution in [0.25, 0.3) is 0 Å². The Bertz CT molecular complexity index is 209. The minimum atomic E-state index is 0.329. The number of furan rings is 1. The average molecular weight is 157 g/mol. The van der Waals surface area contributed by atoms with Crippen LogP contribution in [0.4, 0.5) is 5.88 Å². The summed E-state index contributed by atoms with van der Waals surface area (Å²) in [7, 11) is 0. The Morgan fingerprint density at radius 3 is 3.00 bits per heavy atom. The number of nitrogens with one attached hydrogen (secondary N) is 2. The van der Waals surface area contributed by atoms with Gasteiger partial charge < -0.3 is 15.2 Å². The van der Waals surface area contributed by atoms with Crippen LogP contribution in [0.3, 0.4) is 0 Å². The summed E-state index contributed by atoms with van der Waals surface area (Å²) in [6, 6.07) is 3.49. The van der Waals surface area contributed by atoms with Gasteiger partial charge >= 0.3 is 0 Å². The molecule has 0 atom stereocenters. The van der Waals surface area contributed by atoms with E-state index in [0.29, 0.717) is 11.0 Å². The van der Waals surface area contributed by atoms with Gasteiger partial charge in [0.05, 0.1) is 6.26 Å². The first kappa shape index (κ1) is 7.04. The molecule has 4 nitrogen and oxygen atoms in total. The molecule has 0 spiro atoms. The summed E-state index contributed by atoms with van der Waals surface area (Å²) in [6.07, 6.45) is 1.54. The molecule has 4 N–H and O–H groups in total. The van der Waals surface area contributed by atoms with Crippen molar-refractivity contribution in [1.29, 1.82) is 0 Å². The van der Waals surface area contributed by atoms with Gasteiger partial charge in [0, 0.05) is 6.07 Å². The van der Waals surface area contributed by atoms with E-state index in [2.05, 4.69) is 10.7 Å². The van der Waals surface area contributed by atoms with Gasteiger partial charge in [-0.25, -0.2) is 5.84 Å². The number of nitrogens with two attached hydrogens (primary N) is 1. The zero-order valence-corrected chi connectivity index (χ0v) is 5.94. The molecule has 0 saturated carbocycles. The standard InChI is InChI=1S/C5H7N3OS/c6-8-5(10)7-4-2-1-3-9-4/h1-3H,6H2,(H2,7,8,10). The number of thiocarbonyl (C=S) groups is 1. The van der Waals surface area contributed by atoms with Crippen LogP contribution in [0.15, 0.2) is 22.8 Å². The Morgan fingerprint density at radius 1 is 1.70 bits per heavy atom. The van der Waals surface area contributed by atoms with E-state index in [-0.39, 0.29) is 0 Å². The molecule has 0 aliphatic rings. The lowest BCUT2D eigenvalue weighted by molar-refractivity contribution is 0.586. The maximum atomic E-state index is 4.99. The van der Waals surface area contributed by atoms with E-state index >= 15 is 0 Å². The van der Waals surface area contributed by atoms with Crippen molar-refractivity contribution in [2.45, 2.75) is 0 Å². The van der Waals surface area contributed by atoms with Crippen LogP contribution < -0.4 is 16.6 Å². The van der Waals surface area contributed by atoms with Crippen molar-refractivity contribution in [2.75, 3.05) is 5.32 Å². The van der Waals surface area contributed by atoms with Gasteiger partial charge in [-0.15, -0.1) is 0 Å². The van der Waals surface area contributed by atoms with Crippen LogP contribution in [-0.4, -0.2) is 5.11 Å². The summed E-state index contributed by atoms with van der Waals surface area (Å²) < 4.78 is 4.91. The maximum absolute atomic E-state index is 4.99. The van der Waals surface area contributed by atoms with Gasteiger partial charge in [0.15, 0.2) is 11.0 Å². The van der Waals surface area contributed by atoms with Crippen molar-refractivity contribution in [3.05, 3.63) is 18.4 Å². The second-order valence-electron chi connectivity index (χ2n) is 1.58. The lowest BCUT2D eigenvalue weighted by Gasteiger charge is -2.00. The minimum Gasteiger partial charge on any atom is -0.449 e. The molecule has 0 unspecified atom stereocenters. The second-order valence-corrected chi connectivity index (χ2v) is 1.98. The van der Waals surface area contributed by atoms with E-state index < -0.39 is 0 Å². The molecule has 1 aromatic rings. The van der Waals surface area contributed by atoms with E-state index in [1.165, 1.54) is 0 Å². The molecule has 0 amide bonds. The summed E-state index contributed by atoms with van der Waals surface area (Å²) in [5.41, 5.74) is 2.26. The van der Waals surface area contributed by atoms with Gasteiger partial charge in [-0.3, -0.25) is 0 Å². The first-order valence-electron chi connectivity index (χ1n) is 2.64.